The number of para-hydroxylation sites is 1. The van der Waals surface area contributed by atoms with Crippen LogP contribution in [0.4, 0.5) is 5.69 Å². The molecule has 1 aliphatic carbocycles. The van der Waals surface area contributed by atoms with Gasteiger partial charge in [0.25, 0.3) is 5.91 Å². The molecule has 1 aromatic carbocycles. The predicted octanol–water partition coefficient (Wildman–Crippen LogP) is 4.53. The summed E-state index contributed by atoms with van der Waals surface area (Å²) in [4.78, 5) is 18.5. The van der Waals surface area contributed by atoms with Crippen LogP contribution in [0.1, 0.15) is 79.3 Å². The van der Waals surface area contributed by atoms with Crippen molar-refractivity contribution in [3.05, 3.63) is 52.8 Å². The number of benzene rings is 1. The van der Waals surface area contributed by atoms with E-state index in [-0.39, 0.29) is 28.9 Å². The Morgan fingerprint density at radius 3 is 2.52 bits per heavy atom. The van der Waals surface area contributed by atoms with Gasteiger partial charge in [0.05, 0.1) is 34.2 Å². The van der Waals surface area contributed by atoms with E-state index in [1.54, 1.807) is 4.68 Å². The molecule has 0 radical (unpaired) electrons. The molecule has 1 unspecified atom stereocenters. The highest BCUT2D eigenvalue weighted by Gasteiger charge is 2.34. The lowest BCUT2D eigenvalue weighted by Crippen LogP contribution is -2.19. The van der Waals surface area contributed by atoms with Crippen molar-refractivity contribution in [3.63, 3.8) is 0 Å². The number of anilines is 1. The smallest absolute Gasteiger partial charge is 0.256 e. The van der Waals surface area contributed by atoms with Crippen molar-refractivity contribution in [3.8, 4) is 0 Å². The Hall–Kier alpha value is -2.74. The number of carbonyl (C=O) groups excluding carboxylic acids is 1. The van der Waals surface area contributed by atoms with Crippen molar-refractivity contribution in [2.24, 2.45) is 0 Å². The van der Waals surface area contributed by atoms with E-state index in [0.29, 0.717) is 34.6 Å². The highest BCUT2D eigenvalue weighted by Crippen LogP contribution is 2.41. The van der Waals surface area contributed by atoms with Crippen LogP contribution in [0.3, 0.4) is 0 Å². The number of carbonyl (C=O) groups is 1. The van der Waals surface area contributed by atoms with Crippen LogP contribution < -0.4 is 5.32 Å². The molecule has 0 spiro atoms. The Balaban J connectivity index is 1.61. The first-order valence-corrected chi connectivity index (χ1v) is 13.4. The van der Waals surface area contributed by atoms with Gasteiger partial charge < -0.3 is 5.32 Å². The van der Waals surface area contributed by atoms with Gasteiger partial charge in [-0.1, -0.05) is 39.0 Å². The summed E-state index contributed by atoms with van der Waals surface area (Å²) in [5, 5.41) is 8.51. The maximum absolute atomic E-state index is 13.6. The first-order valence-electron chi connectivity index (χ1n) is 11.5. The minimum atomic E-state index is -3.07. The van der Waals surface area contributed by atoms with Crippen LogP contribution in [0.15, 0.2) is 30.3 Å². The molecule has 5 rings (SSSR count). The third-order valence-electron chi connectivity index (χ3n) is 6.63. The summed E-state index contributed by atoms with van der Waals surface area (Å²) in [6, 6.07) is 9.53. The number of amides is 1. The monoisotopic (exact) mass is 466 g/mol. The number of fused-ring (bicyclic) bond motifs is 1. The normalized spacial score (nSPS) is 20.3. The Labute approximate surface area is 194 Å². The number of nitrogens with zero attached hydrogens (tertiary/aromatic N) is 3. The molecule has 1 N–H and O–H groups in total. The van der Waals surface area contributed by atoms with Crippen LogP contribution in [0, 0.1) is 6.92 Å². The van der Waals surface area contributed by atoms with Gasteiger partial charge >= 0.3 is 0 Å². The van der Waals surface area contributed by atoms with E-state index >= 15 is 0 Å². The van der Waals surface area contributed by atoms with Crippen molar-refractivity contribution >= 4 is 32.5 Å². The molecule has 3 heterocycles. The summed E-state index contributed by atoms with van der Waals surface area (Å²) >= 11 is 0. The summed E-state index contributed by atoms with van der Waals surface area (Å²) in [5.74, 6) is 0.387. The van der Waals surface area contributed by atoms with Gasteiger partial charge in [-0.05, 0) is 49.3 Å². The molecule has 2 fully saturated rings. The number of aromatic nitrogens is 3. The molecule has 1 amide bonds. The molecule has 2 aromatic heterocycles. The second-order valence-electron chi connectivity index (χ2n) is 10.4. The number of rotatable bonds is 4. The molecule has 1 saturated carbocycles. The zero-order chi connectivity index (χ0) is 23.5. The molecular weight excluding hydrogens is 436 g/mol. The largest absolute Gasteiger partial charge is 0.322 e. The minimum absolute atomic E-state index is 0.0685. The molecular formula is C25H30N4O3S. The van der Waals surface area contributed by atoms with Crippen molar-refractivity contribution in [1.29, 1.82) is 0 Å². The van der Waals surface area contributed by atoms with Crippen molar-refractivity contribution in [2.45, 2.75) is 64.3 Å². The van der Waals surface area contributed by atoms with Gasteiger partial charge in [0.2, 0.25) is 0 Å². The highest BCUT2D eigenvalue weighted by atomic mass is 32.2. The van der Waals surface area contributed by atoms with E-state index in [4.69, 9.17) is 4.98 Å². The molecule has 3 aromatic rings. The standard InChI is InChI=1S/C25H30N4O3S/c1-15-22-18(24(30)27-20-8-6-5-7-19(20)25(2,3)4)13-21(16-9-10-16)26-23(22)29(28-15)17-11-12-33(31,32)14-17/h5-8,13,16-17H,9-12,14H2,1-4H3,(H,27,30). The summed E-state index contributed by atoms with van der Waals surface area (Å²) in [7, 11) is -3.07. The summed E-state index contributed by atoms with van der Waals surface area (Å²) < 4.78 is 26.0. The number of pyridine rings is 1. The maximum atomic E-state index is 13.6. The fourth-order valence-electron chi connectivity index (χ4n) is 4.76. The molecule has 1 aliphatic heterocycles. The average molecular weight is 467 g/mol. The van der Waals surface area contributed by atoms with E-state index in [2.05, 4.69) is 31.2 Å². The molecule has 174 valence electrons. The maximum Gasteiger partial charge on any atom is 0.256 e. The van der Waals surface area contributed by atoms with Crippen molar-refractivity contribution in [1.82, 2.24) is 14.8 Å². The first-order chi connectivity index (χ1) is 15.5. The van der Waals surface area contributed by atoms with Crippen LogP contribution in [0.2, 0.25) is 0 Å². The highest BCUT2D eigenvalue weighted by molar-refractivity contribution is 7.91. The van der Waals surface area contributed by atoms with Crippen LogP contribution in [-0.4, -0.2) is 40.6 Å². The van der Waals surface area contributed by atoms with Gasteiger partial charge in [0.15, 0.2) is 15.5 Å². The summed E-state index contributed by atoms with van der Waals surface area (Å²) in [6.07, 6.45) is 2.63. The van der Waals surface area contributed by atoms with E-state index < -0.39 is 9.84 Å². The van der Waals surface area contributed by atoms with Crippen LogP contribution in [0.25, 0.3) is 11.0 Å². The van der Waals surface area contributed by atoms with E-state index in [1.165, 1.54) is 0 Å². The van der Waals surface area contributed by atoms with Crippen LogP contribution >= 0.6 is 0 Å². The molecule has 1 saturated heterocycles. The van der Waals surface area contributed by atoms with E-state index in [0.717, 1.165) is 29.8 Å². The summed E-state index contributed by atoms with van der Waals surface area (Å²) in [6.45, 7) is 8.23. The van der Waals surface area contributed by atoms with Gasteiger partial charge in [-0.15, -0.1) is 0 Å². The molecule has 7 nitrogen and oxygen atoms in total. The second kappa shape index (κ2) is 7.65. The van der Waals surface area contributed by atoms with Gasteiger partial charge in [-0.3, -0.25) is 4.79 Å². The predicted molar refractivity (Wildman–Crippen MR) is 130 cm³/mol. The molecule has 0 bridgehead atoms. The topological polar surface area (TPSA) is 93.9 Å². The van der Waals surface area contributed by atoms with Gasteiger partial charge in [-0.25, -0.2) is 18.1 Å². The quantitative estimate of drug-likeness (QED) is 0.610. The number of sulfone groups is 1. The molecule has 8 heteroatoms. The van der Waals surface area contributed by atoms with Crippen molar-refractivity contribution < 1.29 is 13.2 Å². The molecule has 1 atom stereocenters. The minimum Gasteiger partial charge on any atom is -0.322 e. The lowest BCUT2D eigenvalue weighted by Gasteiger charge is -2.23. The van der Waals surface area contributed by atoms with Gasteiger partial charge in [0.1, 0.15) is 0 Å². The lowest BCUT2D eigenvalue weighted by atomic mass is 9.86. The SMILES string of the molecule is Cc1nn(C2CCS(=O)(=O)C2)c2nc(C3CC3)cc(C(=O)Nc3ccccc3C(C)(C)C)c12. The van der Waals surface area contributed by atoms with E-state index in [1.807, 2.05) is 37.3 Å². The third kappa shape index (κ3) is 4.16. The third-order valence-corrected chi connectivity index (χ3v) is 8.38. The molecule has 33 heavy (non-hydrogen) atoms. The van der Waals surface area contributed by atoms with E-state index in [9.17, 15) is 13.2 Å². The Bertz CT molecular complexity index is 1360. The van der Waals surface area contributed by atoms with Gasteiger partial charge in [0, 0.05) is 17.3 Å². The lowest BCUT2D eigenvalue weighted by molar-refractivity contribution is 0.102. The zero-order valence-electron chi connectivity index (χ0n) is 19.6. The Morgan fingerprint density at radius 1 is 1.15 bits per heavy atom. The number of hydrogen-bond donors (Lipinski definition) is 1. The summed E-state index contributed by atoms with van der Waals surface area (Å²) in [5.41, 5.74) is 4.49. The number of hydrogen-bond acceptors (Lipinski definition) is 5. The van der Waals surface area contributed by atoms with Crippen LogP contribution in [-0.2, 0) is 15.3 Å². The van der Waals surface area contributed by atoms with Gasteiger partial charge in [-0.2, -0.15) is 5.10 Å². The average Bonchev–Trinajstić information content (AvgIpc) is 3.46. The first kappa shape index (κ1) is 22.1. The Kier molecular flexibility index (Phi) is 5.12. The second-order valence-corrected chi connectivity index (χ2v) is 12.6. The zero-order valence-corrected chi connectivity index (χ0v) is 20.4. The number of nitrogens with one attached hydrogen (secondary N) is 1. The fourth-order valence-corrected chi connectivity index (χ4v) is 6.45. The fraction of sp³-hybridized carbons (Fsp3) is 0.480. The van der Waals surface area contributed by atoms with Crippen molar-refractivity contribution in [2.75, 3.05) is 16.8 Å². The van der Waals surface area contributed by atoms with Crippen LogP contribution in [0.5, 0.6) is 0 Å². The molecule has 2 aliphatic rings. The Morgan fingerprint density at radius 2 is 1.88 bits per heavy atom. The number of aryl methyl sites for hydroxylation is 1.